The third-order valence-corrected chi connectivity index (χ3v) is 10.1. The number of para-hydroxylation sites is 2. The molecule has 0 amide bonds. The maximum Gasteiger partial charge on any atom is 2.00 e. The Bertz CT molecular complexity index is 2650. The molecule has 8 aromatic rings. The van der Waals surface area contributed by atoms with Crippen LogP contribution in [0.15, 0.2) is 140 Å². The minimum absolute atomic E-state index is 0. The molecular weight excluding hydrogens is 820 g/mol. The van der Waals surface area contributed by atoms with E-state index in [1.54, 1.807) is 0 Å². The van der Waals surface area contributed by atoms with E-state index in [2.05, 4.69) is 156 Å². The second kappa shape index (κ2) is 12.2. The van der Waals surface area contributed by atoms with Gasteiger partial charge in [0.15, 0.2) is 0 Å². The van der Waals surface area contributed by atoms with Crippen LogP contribution in [-0.2, 0) is 26.5 Å². The molecule has 0 saturated heterocycles. The van der Waals surface area contributed by atoms with Gasteiger partial charge in [-0.2, -0.15) is 12.1 Å². The van der Waals surface area contributed by atoms with E-state index in [4.69, 9.17) is 14.7 Å². The zero-order valence-corrected chi connectivity index (χ0v) is 31.1. The van der Waals surface area contributed by atoms with E-state index in [-0.39, 0.29) is 33.5 Å². The zero-order chi connectivity index (χ0) is 34.3. The van der Waals surface area contributed by atoms with Crippen LogP contribution in [0, 0.1) is 12.1 Å². The summed E-state index contributed by atoms with van der Waals surface area (Å²) in [4.78, 5) is 14.4. The Hall–Kier alpha value is -5.65. The molecule has 5 aromatic carbocycles. The van der Waals surface area contributed by atoms with Crippen molar-refractivity contribution in [1.82, 2.24) is 14.5 Å². The normalized spacial score (nSPS) is 13.0. The molecule has 52 heavy (non-hydrogen) atoms. The number of nitrogens with zero attached hydrogens (tertiary/aromatic N) is 5. The number of pyridine rings is 2. The van der Waals surface area contributed by atoms with Gasteiger partial charge in [-0.15, -0.1) is 35.2 Å². The fourth-order valence-electron chi connectivity index (χ4n) is 7.70. The maximum atomic E-state index is 6.65. The van der Waals surface area contributed by atoms with Gasteiger partial charge in [0.1, 0.15) is 11.6 Å². The molecule has 0 N–H and O–H groups in total. The first-order valence-electron chi connectivity index (χ1n) is 17.3. The fourth-order valence-corrected chi connectivity index (χ4v) is 7.70. The van der Waals surface area contributed by atoms with Crippen molar-refractivity contribution in [2.45, 2.75) is 26.2 Å². The van der Waals surface area contributed by atoms with E-state index >= 15 is 0 Å². The third-order valence-electron chi connectivity index (χ3n) is 10.1. The number of aromatic nitrogens is 3. The molecule has 0 atom stereocenters. The van der Waals surface area contributed by atoms with Gasteiger partial charge in [0.05, 0.1) is 5.69 Å². The molecule has 2 aliphatic rings. The predicted molar refractivity (Wildman–Crippen MR) is 207 cm³/mol. The van der Waals surface area contributed by atoms with Gasteiger partial charge in [0.25, 0.3) is 0 Å². The third kappa shape index (κ3) is 4.98. The number of hydrogen-bond donors (Lipinski definition) is 0. The van der Waals surface area contributed by atoms with Crippen LogP contribution in [0.25, 0.3) is 38.8 Å². The van der Waals surface area contributed by atoms with Crippen molar-refractivity contribution in [2.75, 3.05) is 9.62 Å². The van der Waals surface area contributed by atoms with Crippen LogP contribution in [0.5, 0.6) is 11.5 Å². The summed E-state index contributed by atoms with van der Waals surface area (Å²) in [6, 6.07) is 51.6. The van der Waals surface area contributed by atoms with Crippen LogP contribution >= 0.6 is 0 Å². The number of hydrogen-bond acceptors (Lipinski definition) is 5. The SMILES string of the molecule is CC(C)(C)c1ccnc(-n2c3[c-]c(Oc4[c-]c5c(cc4)-c4ccccc4B4N(c6ccccc6)c6cccnc6N45)ccc3c3ccccc32)c1.[Pt+2]. The molecule has 0 bridgehead atoms. The molecule has 2 aliphatic heterocycles. The first kappa shape index (κ1) is 32.3. The largest absolute Gasteiger partial charge is 2.00 e. The van der Waals surface area contributed by atoms with Gasteiger partial charge < -0.3 is 18.9 Å². The Morgan fingerprint density at radius 2 is 1.42 bits per heavy atom. The van der Waals surface area contributed by atoms with Gasteiger partial charge in [-0.3, -0.25) is 0 Å². The number of rotatable bonds is 4. The Labute approximate surface area is 317 Å². The summed E-state index contributed by atoms with van der Waals surface area (Å²) in [5.74, 6) is 2.95. The Morgan fingerprint density at radius 3 is 2.29 bits per heavy atom. The standard InChI is InChI=1S/C44H32BN5O.Pt/c1-44(2,3)29-23-25-46-42(26-29)48-38-17-10-8-15-34(38)36-22-20-31(27-40(36)48)51-32-19-21-35-33-14-7-9-16-37(33)45-49(30-12-5-4-6-13-30)39-18-11-24-47-43(39)50(45)41(35)28-32;/h4-26H,1-3H3;/q-2;+2. The summed E-state index contributed by atoms with van der Waals surface area (Å²) in [5.41, 5.74) is 9.74. The van der Waals surface area contributed by atoms with Crippen molar-refractivity contribution in [2.24, 2.45) is 0 Å². The molecule has 6 nitrogen and oxygen atoms in total. The second-order valence-electron chi connectivity index (χ2n) is 14.2. The predicted octanol–water partition coefficient (Wildman–Crippen LogP) is 9.93. The molecule has 0 fully saturated rings. The van der Waals surface area contributed by atoms with Crippen molar-refractivity contribution in [3.63, 3.8) is 0 Å². The van der Waals surface area contributed by atoms with E-state index in [1.165, 1.54) is 16.6 Å². The average molecular weight is 853 g/mol. The molecule has 0 saturated carbocycles. The molecule has 0 aliphatic carbocycles. The number of anilines is 4. The Kier molecular flexibility index (Phi) is 7.60. The topological polar surface area (TPSA) is 46.4 Å². The minimum atomic E-state index is -0.137. The summed E-state index contributed by atoms with van der Waals surface area (Å²) in [6.45, 7) is 6.54. The van der Waals surface area contributed by atoms with Gasteiger partial charge in [-0.25, -0.2) is 9.97 Å². The van der Waals surface area contributed by atoms with Crippen LogP contribution in [0.2, 0.25) is 0 Å². The molecule has 0 spiro atoms. The molecule has 0 unspecified atom stereocenters. The number of ether oxygens (including phenoxy) is 1. The maximum absolute atomic E-state index is 6.65. The summed E-state index contributed by atoms with van der Waals surface area (Å²) >= 11 is 0. The van der Waals surface area contributed by atoms with Crippen LogP contribution in [0.3, 0.4) is 0 Å². The Morgan fingerprint density at radius 1 is 0.654 bits per heavy atom. The molecule has 5 heterocycles. The van der Waals surface area contributed by atoms with E-state index in [9.17, 15) is 0 Å². The summed E-state index contributed by atoms with van der Waals surface area (Å²) in [7, 11) is 0. The van der Waals surface area contributed by atoms with Crippen molar-refractivity contribution >= 4 is 57.1 Å². The van der Waals surface area contributed by atoms with E-state index in [0.717, 1.165) is 56.1 Å². The molecular formula is C44H32BN5OPt. The van der Waals surface area contributed by atoms with Crippen LogP contribution in [-0.4, -0.2) is 21.5 Å². The van der Waals surface area contributed by atoms with Gasteiger partial charge in [0, 0.05) is 35.1 Å². The molecule has 3 aromatic heterocycles. The van der Waals surface area contributed by atoms with E-state index < -0.39 is 0 Å². The van der Waals surface area contributed by atoms with Crippen molar-refractivity contribution < 1.29 is 25.8 Å². The summed E-state index contributed by atoms with van der Waals surface area (Å²) in [5, 5.41) is 2.24. The van der Waals surface area contributed by atoms with E-state index in [1.807, 2.05) is 30.6 Å². The van der Waals surface area contributed by atoms with Crippen molar-refractivity contribution in [3.05, 3.63) is 157 Å². The van der Waals surface area contributed by atoms with Gasteiger partial charge in [-0.05, 0) is 64.3 Å². The molecule has 0 radical (unpaired) electrons. The van der Waals surface area contributed by atoms with Crippen LogP contribution < -0.4 is 19.8 Å². The monoisotopic (exact) mass is 852 g/mol. The van der Waals surface area contributed by atoms with E-state index in [0.29, 0.717) is 11.5 Å². The van der Waals surface area contributed by atoms with Crippen molar-refractivity contribution in [3.8, 4) is 28.4 Å². The first-order valence-corrected chi connectivity index (χ1v) is 17.3. The average Bonchev–Trinajstić information content (AvgIpc) is 3.68. The van der Waals surface area contributed by atoms with Gasteiger partial charge >= 0.3 is 28.0 Å². The van der Waals surface area contributed by atoms with Crippen molar-refractivity contribution in [1.29, 1.82) is 0 Å². The fraction of sp³-hybridized carbons (Fsp3) is 0.0909. The number of benzene rings is 5. The Balaban J connectivity index is 0.00000360. The number of fused-ring (bicyclic) bond motifs is 11. The second-order valence-corrected chi connectivity index (χ2v) is 14.2. The first-order chi connectivity index (χ1) is 24.9. The van der Waals surface area contributed by atoms with Gasteiger partial charge in [0.2, 0.25) is 0 Å². The van der Waals surface area contributed by atoms with Crippen LogP contribution in [0.4, 0.5) is 22.9 Å². The molecule has 8 heteroatoms. The minimum Gasteiger partial charge on any atom is -0.509 e. The zero-order valence-electron chi connectivity index (χ0n) is 28.8. The smallest absolute Gasteiger partial charge is 0.509 e. The quantitative estimate of drug-likeness (QED) is 0.130. The summed E-state index contributed by atoms with van der Waals surface area (Å²) < 4.78 is 8.84. The molecule has 252 valence electrons. The molecule has 10 rings (SSSR count). The summed E-state index contributed by atoms with van der Waals surface area (Å²) in [6.07, 6.45) is 3.76. The van der Waals surface area contributed by atoms with Gasteiger partial charge in [-0.1, -0.05) is 98.2 Å². The van der Waals surface area contributed by atoms with Crippen LogP contribution in [0.1, 0.15) is 26.3 Å².